The highest BCUT2D eigenvalue weighted by molar-refractivity contribution is 6.35. The van der Waals surface area contributed by atoms with Gasteiger partial charge in [-0.15, -0.1) is 12.4 Å². The molecule has 1 heterocycles. The van der Waals surface area contributed by atoms with Gasteiger partial charge >= 0.3 is 5.97 Å². The Bertz CT molecular complexity index is 723. The number of nitrogens with zero attached hydrogens (tertiary/aromatic N) is 2. The number of halogens is 3. The van der Waals surface area contributed by atoms with Gasteiger partial charge in [-0.3, -0.25) is 0 Å². The highest BCUT2D eigenvalue weighted by atomic mass is 35.5. The second-order valence-corrected chi connectivity index (χ2v) is 5.55. The Morgan fingerprint density at radius 2 is 2.00 bits per heavy atom. The predicted molar refractivity (Wildman–Crippen MR) is 94.4 cm³/mol. The van der Waals surface area contributed by atoms with Crippen LogP contribution in [0.15, 0.2) is 18.2 Å². The lowest BCUT2D eigenvalue weighted by molar-refractivity contribution is 0.0683. The summed E-state index contributed by atoms with van der Waals surface area (Å²) in [6.45, 7) is 4.29. The summed E-state index contributed by atoms with van der Waals surface area (Å²) < 4.78 is 0. The molecule has 1 aromatic heterocycles. The zero-order chi connectivity index (χ0) is 16.3. The largest absolute Gasteiger partial charge is 0.475 e. The van der Waals surface area contributed by atoms with Gasteiger partial charge in [-0.2, -0.15) is 0 Å². The number of hydrogen-bond donors (Lipinski definition) is 2. The maximum atomic E-state index is 11.1. The van der Waals surface area contributed by atoms with Gasteiger partial charge < -0.3 is 10.4 Å². The average molecular weight is 377 g/mol. The van der Waals surface area contributed by atoms with Crippen molar-refractivity contribution in [3.63, 3.8) is 0 Å². The van der Waals surface area contributed by atoms with Crippen LogP contribution >= 0.6 is 35.6 Å². The van der Waals surface area contributed by atoms with Gasteiger partial charge in [0.1, 0.15) is 5.82 Å². The fourth-order valence-electron chi connectivity index (χ4n) is 2.07. The molecule has 0 fully saturated rings. The first-order valence-electron chi connectivity index (χ1n) is 6.71. The molecule has 1 aromatic carbocycles. The molecule has 0 radical (unpaired) electrons. The number of hydrogen-bond acceptors (Lipinski definition) is 4. The number of carboxylic acid groups (broad SMARTS) is 1. The van der Waals surface area contributed by atoms with E-state index < -0.39 is 5.97 Å². The summed E-state index contributed by atoms with van der Waals surface area (Å²) in [5.41, 5.74) is 2.30. The van der Waals surface area contributed by atoms with Gasteiger partial charge in [0.05, 0.1) is 0 Å². The number of rotatable bonds is 5. The molecule has 23 heavy (non-hydrogen) atoms. The maximum Gasteiger partial charge on any atom is 0.374 e. The van der Waals surface area contributed by atoms with E-state index >= 15 is 0 Å². The SMILES string of the molecule is CCNc1nc(C(=O)O)nc(C)c1Cc1ccc(Cl)cc1Cl.Cl. The molecule has 0 spiro atoms. The fourth-order valence-corrected chi connectivity index (χ4v) is 2.55. The zero-order valence-corrected chi connectivity index (χ0v) is 14.9. The van der Waals surface area contributed by atoms with E-state index in [-0.39, 0.29) is 18.2 Å². The van der Waals surface area contributed by atoms with Gasteiger partial charge in [0.15, 0.2) is 0 Å². The molecule has 2 N–H and O–H groups in total. The maximum absolute atomic E-state index is 11.1. The van der Waals surface area contributed by atoms with Gasteiger partial charge in [-0.25, -0.2) is 14.8 Å². The number of nitrogens with one attached hydrogen (secondary N) is 1. The highest BCUT2D eigenvalue weighted by Crippen LogP contribution is 2.27. The number of anilines is 1. The summed E-state index contributed by atoms with van der Waals surface area (Å²) in [7, 11) is 0. The summed E-state index contributed by atoms with van der Waals surface area (Å²) in [5, 5.41) is 13.3. The zero-order valence-electron chi connectivity index (χ0n) is 12.6. The van der Waals surface area contributed by atoms with Crippen molar-refractivity contribution >= 4 is 47.4 Å². The van der Waals surface area contributed by atoms with E-state index in [1.807, 2.05) is 13.0 Å². The lowest BCUT2D eigenvalue weighted by atomic mass is 10.0. The summed E-state index contributed by atoms with van der Waals surface area (Å²) in [5.74, 6) is -0.865. The topological polar surface area (TPSA) is 75.1 Å². The van der Waals surface area contributed by atoms with Crippen molar-refractivity contribution in [3.05, 3.63) is 50.9 Å². The number of aryl methyl sites for hydroxylation is 1. The minimum absolute atomic E-state index is 0. The fraction of sp³-hybridized carbons (Fsp3) is 0.267. The van der Waals surface area contributed by atoms with Gasteiger partial charge in [0.25, 0.3) is 0 Å². The summed E-state index contributed by atoms with van der Waals surface area (Å²) in [6.07, 6.45) is 0.490. The minimum Gasteiger partial charge on any atom is -0.475 e. The molecule has 5 nitrogen and oxygen atoms in total. The van der Waals surface area contributed by atoms with Crippen LogP contribution in [0.3, 0.4) is 0 Å². The molecule has 2 aromatic rings. The van der Waals surface area contributed by atoms with Crippen LogP contribution in [0, 0.1) is 6.92 Å². The molecule has 0 unspecified atom stereocenters. The van der Waals surface area contributed by atoms with Gasteiger partial charge in [0, 0.05) is 34.3 Å². The second-order valence-electron chi connectivity index (χ2n) is 4.71. The van der Waals surface area contributed by atoms with Crippen molar-refractivity contribution < 1.29 is 9.90 Å². The van der Waals surface area contributed by atoms with E-state index in [9.17, 15) is 4.79 Å². The predicted octanol–water partition coefficient (Wildman–Crippen LogP) is 4.23. The molecular weight excluding hydrogens is 361 g/mol. The molecule has 0 amide bonds. The average Bonchev–Trinajstić information content (AvgIpc) is 2.44. The second kappa shape index (κ2) is 8.34. The number of aromatic carboxylic acids is 1. The number of carbonyl (C=O) groups is 1. The summed E-state index contributed by atoms with van der Waals surface area (Å²) in [6, 6.07) is 5.27. The monoisotopic (exact) mass is 375 g/mol. The highest BCUT2D eigenvalue weighted by Gasteiger charge is 2.16. The first-order chi connectivity index (χ1) is 10.4. The molecule has 0 saturated heterocycles. The van der Waals surface area contributed by atoms with E-state index in [0.717, 1.165) is 11.1 Å². The molecule has 0 atom stereocenters. The van der Waals surface area contributed by atoms with Crippen LogP contribution in [0.4, 0.5) is 5.82 Å². The van der Waals surface area contributed by atoms with Crippen LogP contribution in [0.2, 0.25) is 10.0 Å². The molecule has 2 rings (SSSR count). The van der Waals surface area contributed by atoms with E-state index in [1.165, 1.54) is 0 Å². The lowest BCUT2D eigenvalue weighted by Gasteiger charge is -2.14. The first-order valence-corrected chi connectivity index (χ1v) is 7.46. The Morgan fingerprint density at radius 1 is 1.30 bits per heavy atom. The van der Waals surface area contributed by atoms with E-state index in [0.29, 0.717) is 34.5 Å². The van der Waals surface area contributed by atoms with E-state index in [4.69, 9.17) is 28.3 Å². The molecular formula is C15H16Cl3N3O2. The normalized spacial score (nSPS) is 10.1. The van der Waals surface area contributed by atoms with Crippen LogP contribution in [0.1, 0.15) is 34.4 Å². The lowest BCUT2D eigenvalue weighted by Crippen LogP contribution is -2.13. The van der Waals surface area contributed by atoms with Gasteiger partial charge in [-0.1, -0.05) is 29.3 Å². The third-order valence-electron chi connectivity index (χ3n) is 3.13. The van der Waals surface area contributed by atoms with Gasteiger partial charge in [-0.05, 0) is 31.5 Å². The van der Waals surface area contributed by atoms with Crippen molar-refractivity contribution in [2.75, 3.05) is 11.9 Å². The number of benzene rings is 1. The van der Waals surface area contributed by atoms with Crippen LogP contribution in [-0.4, -0.2) is 27.6 Å². The Morgan fingerprint density at radius 3 is 2.57 bits per heavy atom. The Labute approximate surface area is 150 Å². The standard InChI is InChI=1S/C15H15Cl2N3O2.ClH/c1-3-18-13-11(8(2)19-14(20-13)15(21)22)6-9-4-5-10(16)7-12(9)17;/h4-5,7H,3,6H2,1-2H3,(H,21,22)(H,18,19,20);1H. The summed E-state index contributed by atoms with van der Waals surface area (Å²) >= 11 is 12.1. The smallest absolute Gasteiger partial charge is 0.374 e. The quantitative estimate of drug-likeness (QED) is 0.816. The van der Waals surface area contributed by atoms with Crippen LogP contribution < -0.4 is 5.32 Å². The molecule has 8 heteroatoms. The van der Waals surface area contributed by atoms with Crippen molar-refractivity contribution in [3.8, 4) is 0 Å². The summed E-state index contributed by atoms with van der Waals surface area (Å²) in [4.78, 5) is 19.2. The first kappa shape index (κ1) is 19.5. The Hall–Kier alpha value is -1.56. The van der Waals surface area contributed by atoms with Crippen molar-refractivity contribution in [2.24, 2.45) is 0 Å². The van der Waals surface area contributed by atoms with E-state index in [1.54, 1.807) is 19.1 Å². The molecule has 0 aliphatic rings. The molecule has 0 bridgehead atoms. The number of aromatic nitrogens is 2. The van der Waals surface area contributed by atoms with Crippen LogP contribution in [0.25, 0.3) is 0 Å². The van der Waals surface area contributed by atoms with Gasteiger partial charge in [0.2, 0.25) is 5.82 Å². The van der Waals surface area contributed by atoms with E-state index in [2.05, 4.69) is 15.3 Å². The molecule has 0 aliphatic heterocycles. The van der Waals surface area contributed by atoms with Crippen LogP contribution in [-0.2, 0) is 6.42 Å². The minimum atomic E-state index is -1.15. The van der Waals surface area contributed by atoms with Crippen molar-refractivity contribution in [1.29, 1.82) is 0 Å². The third-order valence-corrected chi connectivity index (χ3v) is 3.72. The van der Waals surface area contributed by atoms with Crippen molar-refractivity contribution in [2.45, 2.75) is 20.3 Å². The number of carboxylic acids is 1. The molecule has 0 saturated carbocycles. The van der Waals surface area contributed by atoms with Crippen molar-refractivity contribution in [1.82, 2.24) is 9.97 Å². The molecule has 124 valence electrons. The van der Waals surface area contributed by atoms with Crippen LogP contribution in [0.5, 0.6) is 0 Å². The Kier molecular flexibility index (Phi) is 7.06. The molecule has 0 aliphatic carbocycles. The third kappa shape index (κ3) is 4.70. The Balaban J connectivity index is 0.00000264.